The topological polar surface area (TPSA) is 68.0 Å². The first-order chi connectivity index (χ1) is 7.44. The molecule has 0 aliphatic heterocycles. The van der Waals surface area contributed by atoms with E-state index in [1.165, 1.54) is 0 Å². The quantitative estimate of drug-likeness (QED) is 0.815. The van der Waals surface area contributed by atoms with E-state index in [9.17, 15) is 4.79 Å². The Morgan fingerprint density at radius 1 is 1.50 bits per heavy atom. The molecule has 16 heavy (non-hydrogen) atoms. The van der Waals surface area contributed by atoms with E-state index in [4.69, 9.17) is 5.73 Å². The molecule has 0 saturated carbocycles. The van der Waals surface area contributed by atoms with E-state index in [2.05, 4.69) is 31.1 Å². The summed E-state index contributed by atoms with van der Waals surface area (Å²) in [6, 6.07) is 5.04. The van der Waals surface area contributed by atoms with Crippen LogP contribution in [0.25, 0.3) is 0 Å². The molecule has 0 atom stereocenters. The van der Waals surface area contributed by atoms with E-state index >= 15 is 0 Å². The molecule has 0 unspecified atom stereocenters. The number of carbonyl (C=O) groups is 1. The molecule has 0 aromatic carbocycles. The summed E-state index contributed by atoms with van der Waals surface area (Å²) in [5.74, 6) is 0.191. The first-order valence-corrected chi connectivity index (χ1v) is 5.45. The highest BCUT2D eigenvalue weighted by Gasteiger charge is 2.17. The number of nitrogens with one attached hydrogen (secondary N) is 1. The third kappa shape index (κ3) is 3.53. The largest absolute Gasteiger partial charge is 0.384 e. The highest BCUT2D eigenvalue weighted by molar-refractivity contribution is 5.92. The van der Waals surface area contributed by atoms with Crippen molar-refractivity contribution in [2.24, 2.45) is 5.41 Å². The number of nitrogens with zero attached hydrogens (tertiary/aromatic N) is 1. The third-order valence-electron chi connectivity index (χ3n) is 2.69. The van der Waals surface area contributed by atoms with Crippen molar-refractivity contribution in [3.05, 3.63) is 23.9 Å². The molecule has 88 valence electrons. The van der Waals surface area contributed by atoms with E-state index in [1.54, 1.807) is 18.2 Å². The Morgan fingerprint density at radius 2 is 2.19 bits per heavy atom. The molecule has 4 nitrogen and oxygen atoms in total. The molecule has 0 aliphatic carbocycles. The Morgan fingerprint density at radius 3 is 2.75 bits per heavy atom. The summed E-state index contributed by atoms with van der Waals surface area (Å²) in [5, 5.41) is 2.86. The van der Waals surface area contributed by atoms with E-state index in [1.807, 2.05) is 0 Å². The molecule has 0 fully saturated rings. The summed E-state index contributed by atoms with van der Waals surface area (Å²) in [7, 11) is 0. The van der Waals surface area contributed by atoms with Crippen molar-refractivity contribution in [3.8, 4) is 0 Å². The average molecular weight is 221 g/mol. The van der Waals surface area contributed by atoms with Crippen molar-refractivity contribution in [1.29, 1.82) is 0 Å². The predicted molar refractivity (Wildman–Crippen MR) is 65.1 cm³/mol. The number of rotatable bonds is 4. The van der Waals surface area contributed by atoms with Gasteiger partial charge in [0, 0.05) is 6.54 Å². The van der Waals surface area contributed by atoms with Crippen molar-refractivity contribution in [1.82, 2.24) is 10.3 Å². The van der Waals surface area contributed by atoms with Crippen LogP contribution in [0.3, 0.4) is 0 Å². The van der Waals surface area contributed by atoms with Crippen LogP contribution in [0, 0.1) is 5.41 Å². The molecule has 1 rings (SSSR count). The Bertz CT molecular complexity index is 374. The second kappa shape index (κ2) is 4.96. The Hall–Kier alpha value is -1.58. The van der Waals surface area contributed by atoms with Gasteiger partial charge in [-0.3, -0.25) is 4.79 Å². The van der Waals surface area contributed by atoms with Crippen LogP contribution in [0.2, 0.25) is 0 Å². The van der Waals surface area contributed by atoms with Crippen molar-refractivity contribution in [2.75, 3.05) is 12.3 Å². The van der Waals surface area contributed by atoms with Crippen LogP contribution in [0.15, 0.2) is 18.2 Å². The number of nitrogens with two attached hydrogens (primary N) is 1. The predicted octanol–water partition coefficient (Wildman–Crippen LogP) is 1.83. The van der Waals surface area contributed by atoms with Crippen LogP contribution in [-0.4, -0.2) is 17.4 Å². The monoisotopic (exact) mass is 221 g/mol. The minimum atomic E-state index is -0.172. The molecule has 1 aromatic rings. The zero-order valence-electron chi connectivity index (χ0n) is 10.1. The fourth-order valence-corrected chi connectivity index (χ4v) is 1.11. The molecular weight excluding hydrogens is 202 g/mol. The van der Waals surface area contributed by atoms with Gasteiger partial charge in [-0.15, -0.1) is 0 Å². The van der Waals surface area contributed by atoms with E-state index in [0.29, 0.717) is 18.1 Å². The highest BCUT2D eigenvalue weighted by Crippen LogP contribution is 2.17. The van der Waals surface area contributed by atoms with E-state index < -0.39 is 0 Å². The average Bonchev–Trinajstić information content (AvgIpc) is 2.26. The standard InChI is InChI=1S/C12H19N3O/c1-4-12(2,3)8-14-11(16)9-6-5-7-10(13)15-9/h5-7H,4,8H2,1-3H3,(H2,13,15)(H,14,16). The highest BCUT2D eigenvalue weighted by atomic mass is 16.1. The van der Waals surface area contributed by atoms with Crippen molar-refractivity contribution in [3.63, 3.8) is 0 Å². The number of anilines is 1. The number of pyridine rings is 1. The minimum absolute atomic E-state index is 0.107. The van der Waals surface area contributed by atoms with Crippen LogP contribution >= 0.6 is 0 Å². The van der Waals surface area contributed by atoms with Gasteiger partial charge < -0.3 is 11.1 Å². The first kappa shape index (κ1) is 12.5. The molecule has 1 amide bonds. The lowest BCUT2D eigenvalue weighted by molar-refractivity contribution is 0.0931. The Labute approximate surface area is 96.3 Å². The Kier molecular flexibility index (Phi) is 3.88. The van der Waals surface area contributed by atoms with Gasteiger partial charge in [0.25, 0.3) is 5.91 Å². The summed E-state index contributed by atoms with van der Waals surface area (Å²) < 4.78 is 0. The molecule has 1 aromatic heterocycles. The molecule has 1 heterocycles. The summed E-state index contributed by atoms with van der Waals surface area (Å²) in [5.41, 5.74) is 5.99. The van der Waals surface area contributed by atoms with Crippen molar-refractivity contribution >= 4 is 11.7 Å². The molecule has 0 aliphatic rings. The van der Waals surface area contributed by atoms with Gasteiger partial charge in [0.15, 0.2) is 0 Å². The number of amides is 1. The zero-order chi connectivity index (χ0) is 12.2. The van der Waals surface area contributed by atoms with Crippen LogP contribution in [0.5, 0.6) is 0 Å². The Balaban J connectivity index is 2.60. The second-order valence-corrected chi connectivity index (χ2v) is 4.65. The lowest BCUT2D eigenvalue weighted by Gasteiger charge is -2.22. The number of nitrogen functional groups attached to an aromatic ring is 1. The van der Waals surface area contributed by atoms with Gasteiger partial charge in [-0.05, 0) is 24.0 Å². The minimum Gasteiger partial charge on any atom is -0.384 e. The molecule has 0 saturated heterocycles. The SMILES string of the molecule is CCC(C)(C)CNC(=O)c1cccc(N)n1. The van der Waals surface area contributed by atoms with Gasteiger partial charge in [0.05, 0.1) is 0 Å². The second-order valence-electron chi connectivity index (χ2n) is 4.65. The fraction of sp³-hybridized carbons (Fsp3) is 0.500. The third-order valence-corrected chi connectivity index (χ3v) is 2.69. The van der Waals surface area contributed by atoms with Crippen LogP contribution in [0.1, 0.15) is 37.7 Å². The zero-order valence-corrected chi connectivity index (χ0v) is 10.1. The number of hydrogen-bond donors (Lipinski definition) is 2. The summed E-state index contributed by atoms with van der Waals surface area (Å²) in [6.07, 6.45) is 1.01. The lowest BCUT2D eigenvalue weighted by atomic mass is 9.90. The van der Waals surface area contributed by atoms with E-state index in [-0.39, 0.29) is 11.3 Å². The number of hydrogen-bond acceptors (Lipinski definition) is 3. The van der Waals surface area contributed by atoms with E-state index in [0.717, 1.165) is 6.42 Å². The summed E-state index contributed by atoms with van der Waals surface area (Å²) in [6.45, 7) is 6.96. The van der Waals surface area contributed by atoms with Gasteiger partial charge in [0.2, 0.25) is 0 Å². The number of carbonyl (C=O) groups excluding carboxylic acids is 1. The maximum Gasteiger partial charge on any atom is 0.269 e. The van der Waals surface area contributed by atoms with Gasteiger partial charge in [-0.25, -0.2) is 4.98 Å². The summed E-state index contributed by atoms with van der Waals surface area (Å²) >= 11 is 0. The maximum atomic E-state index is 11.7. The van der Waals surface area contributed by atoms with Gasteiger partial charge in [-0.2, -0.15) is 0 Å². The lowest BCUT2D eigenvalue weighted by Crippen LogP contribution is -2.34. The molecule has 4 heteroatoms. The smallest absolute Gasteiger partial charge is 0.269 e. The van der Waals surface area contributed by atoms with Gasteiger partial charge in [-0.1, -0.05) is 26.8 Å². The fourth-order valence-electron chi connectivity index (χ4n) is 1.11. The molecule has 0 spiro atoms. The molecular formula is C12H19N3O. The van der Waals surface area contributed by atoms with Crippen LogP contribution in [-0.2, 0) is 0 Å². The number of aromatic nitrogens is 1. The molecule has 0 radical (unpaired) electrons. The van der Waals surface area contributed by atoms with Crippen molar-refractivity contribution < 1.29 is 4.79 Å². The van der Waals surface area contributed by atoms with Crippen molar-refractivity contribution in [2.45, 2.75) is 27.2 Å². The van der Waals surface area contributed by atoms with Crippen LogP contribution in [0.4, 0.5) is 5.82 Å². The first-order valence-electron chi connectivity index (χ1n) is 5.45. The molecule has 3 N–H and O–H groups in total. The summed E-state index contributed by atoms with van der Waals surface area (Å²) in [4.78, 5) is 15.7. The maximum absolute atomic E-state index is 11.7. The van der Waals surface area contributed by atoms with Gasteiger partial charge in [0.1, 0.15) is 11.5 Å². The van der Waals surface area contributed by atoms with Gasteiger partial charge >= 0.3 is 0 Å². The normalized spacial score (nSPS) is 11.2. The molecule has 0 bridgehead atoms. The van der Waals surface area contributed by atoms with Crippen LogP contribution < -0.4 is 11.1 Å².